The molecule has 0 unspecified atom stereocenters. The zero-order chi connectivity index (χ0) is 11.5. The number of sulfonamides is 1. The molecule has 1 aromatic carbocycles. The molecule has 0 aliphatic rings. The van der Waals surface area contributed by atoms with Gasteiger partial charge in [0, 0.05) is 0 Å². The summed E-state index contributed by atoms with van der Waals surface area (Å²) in [4.78, 5) is 10.00. The molecule has 0 heterocycles. The lowest BCUT2D eigenvalue weighted by molar-refractivity contribution is -0.139. The summed E-state index contributed by atoms with van der Waals surface area (Å²) in [6.07, 6.45) is 0. The number of rotatable bonds is 4. The zero-order valence-corrected chi connectivity index (χ0v) is 8.40. The first-order chi connectivity index (χ1) is 6.91. The first-order valence-corrected chi connectivity index (χ1v) is 5.42. The van der Waals surface area contributed by atoms with Crippen LogP contribution in [0.15, 0.2) is 29.2 Å². The van der Waals surface area contributed by atoms with Crippen molar-refractivity contribution in [2.45, 2.75) is 4.90 Å². The second-order valence-electron chi connectivity index (χ2n) is 2.67. The van der Waals surface area contributed by atoms with Gasteiger partial charge in [-0.3, -0.25) is 0 Å². The normalized spacial score (nSPS) is 11.0. The molecule has 0 saturated carbocycles. The minimum atomic E-state index is -3.90. The molecule has 82 valence electrons. The molecule has 0 atom stereocenters. The van der Waals surface area contributed by atoms with E-state index in [0.717, 1.165) is 0 Å². The molecule has 0 aliphatic carbocycles. The number of nitrogens with two attached hydrogens (primary N) is 1. The number of benzene rings is 1. The fourth-order valence-electron chi connectivity index (χ4n) is 0.944. The molecule has 0 saturated heterocycles. The largest absolute Gasteiger partial charge is 0.480 e. The van der Waals surface area contributed by atoms with Crippen LogP contribution in [0.3, 0.4) is 0 Å². The van der Waals surface area contributed by atoms with Gasteiger partial charge >= 0.3 is 5.97 Å². The molecule has 1 rings (SSSR count). The highest BCUT2D eigenvalue weighted by Gasteiger charge is 2.14. The summed E-state index contributed by atoms with van der Waals surface area (Å²) < 4.78 is 26.9. The lowest BCUT2D eigenvalue weighted by Gasteiger charge is -2.07. The molecule has 0 amide bonds. The van der Waals surface area contributed by atoms with Crippen molar-refractivity contribution in [3.05, 3.63) is 24.3 Å². The Labute approximate surface area is 86.3 Å². The fraction of sp³-hybridized carbons (Fsp3) is 0.125. The minimum Gasteiger partial charge on any atom is -0.480 e. The maximum Gasteiger partial charge on any atom is 0.341 e. The van der Waals surface area contributed by atoms with Crippen molar-refractivity contribution >= 4 is 16.0 Å². The molecule has 0 spiro atoms. The fourth-order valence-corrected chi connectivity index (χ4v) is 1.62. The average Bonchev–Trinajstić information content (AvgIpc) is 2.13. The summed E-state index contributed by atoms with van der Waals surface area (Å²) in [6, 6.07) is 5.56. The molecule has 0 bridgehead atoms. The van der Waals surface area contributed by atoms with Gasteiger partial charge in [0.1, 0.15) is 10.6 Å². The highest BCUT2D eigenvalue weighted by Crippen LogP contribution is 2.21. The Morgan fingerprint density at radius 1 is 1.40 bits per heavy atom. The first-order valence-electron chi connectivity index (χ1n) is 3.87. The van der Waals surface area contributed by atoms with E-state index in [1.165, 1.54) is 24.3 Å². The number of hydrogen-bond acceptors (Lipinski definition) is 4. The maximum atomic E-state index is 11.0. The highest BCUT2D eigenvalue weighted by molar-refractivity contribution is 7.89. The second kappa shape index (κ2) is 4.28. The molecule has 0 fully saturated rings. The average molecular weight is 231 g/mol. The highest BCUT2D eigenvalue weighted by atomic mass is 32.2. The van der Waals surface area contributed by atoms with Gasteiger partial charge in [0.25, 0.3) is 0 Å². The lowest BCUT2D eigenvalue weighted by atomic mass is 10.3. The van der Waals surface area contributed by atoms with Crippen LogP contribution < -0.4 is 9.88 Å². The predicted octanol–water partition coefficient (Wildman–Crippen LogP) is -0.203. The minimum absolute atomic E-state index is 0.0672. The molecule has 0 aromatic heterocycles. The molecule has 0 radical (unpaired) electrons. The quantitative estimate of drug-likeness (QED) is 0.746. The second-order valence-corrected chi connectivity index (χ2v) is 4.20. The van der Waals surface area contributed by atoms with E-state index in [0.29, 0.717) is 0 Å². The summed E-state index contributed by atoms with van der Waals surface area (Å²) in [5.74, 6) is -1.26. The molecule has 7 heteroatoms. The van der Waals surface area contributed by atoms with Crippen LogP contribution in [0.5, 0.6) is 5.75 Å². The molecule has 15 heavy (non-hydrogen) atoms. The SMILES string of the molecule is NS(=O)(=O)c1ccccc1OCC(=O)O. The molecule has 1 aromatic rings. The Bertz CT molecular complexity index is 468. The third kappa shape index (κ3) is 3.22. The van der Waals surface area contributed by atoms with E-state index in [9.17, 15) is 13.2 Å². The number of carboxylic acids is 1. The monoisotopic (exact) mass is 231 g/mol. The summed E-state index contributed by atoms with van der Waals surface area (Å²) in [7, 11) is -3.90. The third-order valence-corrected chi connectivity index (χ3v) is 2.46. The standard InChI is InChI=1S/C8H9NO5S/c9-15(12,13)7-4-2-1-3-6(7)14-5-8(10)11/h1-4H,5H2,(H,10,11)(H2,9,12,13). The van der Waals surface area contributed by atoms with E-state index >= 15 is 0 Å². The number of carboxylic acid groups (broad SMARTS) is 1. The van der Waals surface area contributed by atoms with E-state index in [1.807, 2.05) is 0 Å². The van der Waals surface area contributed by atoms with Crippen LogP contribution in [0.25, 0.3) is 0 Å². The maximum absolute atomic E-state index is 11.0. The Kier molecular flexibility index (Phi) is 3.28. The Morgan fingerprint density at radius 3 is 2.53 bits per heavy atom. The first kappa shape index (κ1) is 11.5. The van der Waals surface area contributed by atoms with Gasteiger partial charge in [-0.2, -0.15) is 0 Å². The van der Waals surface area contributed by atoms with Gasteiger partial charge in [-0.15, -0.1) is 0 Å². The Balaban J connectivity index is 3.02. The van der Waals surface area contributed by atoms with Crippen molar-refractivity contribution in [3.63, 3.8) is 0 Å². The van der Waals surface area contributed by atoms with Crippen molar-refractivity contribution in [2.75, 3.05) is 6.61 Å². The van der Waals surface area contributed by atoms with E-state index in [4.69, 9.17) is 15.0 Å². The van der Waals surface area contributed by atoms with E-state index < -0.39 is 22.6 Å². The smallest absolute Gasteiger partial charge is 0.341 e. The van der Waals surface area contributed by atoms with Crippen LogP contribution in [0.1, 0.15) is 0 Å². The molecular formula is C8H9NO5S. The predicted molar refractivity (Wildman–Crippen MR) is 50.9 cm³/mol. The number of para-hydroxylation sites is 1. The molecule has 6 nitrogen and oxygen atoms in total. The van der Waals surface area contributed by atoms with Crippen LogP contribution in [0.2, 0.25) is 0 Å². The number of carbonyl (C=O) groups is 1. The summed E-state index contributed by atoms with van der Waals surface area (Å²) in [5, 5.41) is 13.3. The van der Waals surface area contributed by atoms with Crippen molar-refractivity contribution in [2.24, 2.45) is 5.14 Å². The van der Waals surface area contributed by atoms with Gasteiger partial charge < -0.3 is 9.84 Å². The van der Waals surface area contributed by atoms with Crippen molar-refractivity contribution in [3.8, 4) is 5.75 Å². The summed E-state index contributed by atoms with van der Waals surface area (Å²) in [5.41, 5.74) is 0. The van der Waals surface area contributed by atoms with Crippen molar-refractivity contribution in [1.29, 1.82) is 0 Å². The van der Waals surface area contributed by atoms with Crippen LogP contribution in [-0.4, -0.2) is 26.1 Å². The third-order valence-electron chi connectivity index (χ3n) is 1.51. The van der Waals surface area contributed by atoms with Crippen LogP contribution >= 0.6 is 0 Å². The number of aliphatic carboxylic acids is 1. The summed E-state index contributed by atoms with van der Waals surface area (Å²) >= 11 is 0. The Hall–Kier alpha value is -1.60. The van der Waals surface area contributed by atoms with Crippen molar-refractivity contribution < 1.29 is 23.1 Å². The molecule has 3 N–H and O–H groups in total. The molecule has 0 aliphatic heterocycles. The van der Waals surface area contributed by atoms with Crippen LogP contribution in [0.4, 0.5) is 0 Å². The number of ether oxygens (including phenoxy) is 1. The van der Waals surface area contributed by atoms with Crippen LogP contribution in [0, 0.1) is 0 Å². The molecular weight excluding hydrogens is 222 g/mol. The van der Waals surface area contributed by atoms with Gasteiger partial charge in [-0.1, -0.05) is 12.1 Å². The topological polar surface area (TPSA) is 107 Å². The van der Waals surface area contributed by atoms with Crippen molar-refractivity contribution in [1.82, 2.24) is 0 Å². The van der Waals surface area contributed by atoms with E-state index in [-0.39, 0.29) is 10.6 Å². The Morgan fingerprint density at radius 2 is 2.00 bits per heavy atom. The van der Waals surface area contributed by atoms with Gasteiger partial charge in [0.15, 0.2) is 6.61 Å². The lowest BCUT2D eigenvalue weighted by Crippen LogP contribution is -2.16. The van der Waals surface area contributed by atoms with E-state index in [1.54, 1.807) is 0 Å². The van der Waals surface area contributed by atoms with E-state index in [2.05, 4.69) is 0 Å². The van der Waals surface area contributed by atoms with Gasteiger partial charge in [-0.25, -0.2) is 18.4 Å². The zero-order valence-electron chi connectivity index (χ0n) is 7.58. The van der Waals surface area contributed by atoms with Gasteiger partial charge in [0.2, 0.25) is 10.0 Å². The van der Waals surface area contributed by atoms with Gasteiger partial charge in [-0.05, 0) is 12.1 Å². The summed E-state index contributed by atoms with van der Waals surface area (Å²) in [6.45, 7) is -0.619. The van der Waals surface area contributed by atoms with Crippen LogP contribution in [-0.2, 0) is 14.8 Å². The number of primary sulfonamides is 1. The number of hydrogen-bond donors (Lipinski definition) is 2. The van der Waals surface area contributed by atoms with Gasteiger partial charge in [0.05, 0.1) is 0 Å².